The molecule has 0 aromatic heterocycles. The maximum atomic E-state index is 12.0. The Labute approximate surface area is 113 Å². The molecule has 0 aliphatic carbocycles. The van der Waals surface area contributed by atoms with E-state index < -0.39 is 0 Å². The first-order valence-corrected chi connectivity index (χ1v) is 6.37. The minimum atomic E-state index is -0.241. The molecule has 0 saturated heterocycles. The van der Waals surface area contributed by atoms with Crippen molar-refractivity contribution in [3.8, 4) is 17.2 Å². The first-order chi connectivity index (χ1) is 8.69. The Balaban J connectivity index is 2.64. The summed E-state index contributed by atoms with van der Waals surface area (Å²) in [5, 5.41) is 0. The van der Waals surface area contributed by atoms with E-state index in [1.807, 2.05) is 0 Å². The summed E-state index contributed by atoms with van der Waals surface area (Å²) in [6, 6.07) is 1.74. The van der Waals surface area contributed by atoms with Gasteiger partial charge in [0, 0.05) is 12.5 Å². The molecule has 5 nitrogen and oxygen atoms in total. The second kappa shape index (κ2) is 5.58. The third kappa shape index (κ3) is 2.30. The molecule has 1 aromatic rings. The quantitative estimate of drug-likeness (QED) is 0.861. The van der Waals surface area contributed by atoms with Gasteiger partial charge in [0.15, 0.2) is 17.3 Å². The number of carbonyl (C=O) groups is 1. The van der Waals surface area contributed by atoms with Crippen molar-refractivity contribution in [3.05, 3.63) is 16.1 Å². The number of carbonyl (C=O) groups excluding carboxylic acids is 1. The number of halogens is 1. The largest absolute Gasteiger partial charge is 0.495 e. The number of ether oxygens (including phenoxy) is 3. The van der Waals surface area contributed by atoms with Gasteiger partial charge in [0.1, 0.15) is 11.3 Å². The highest BCUT2D eigenvalue weighted by Crippen LogP contribution is 2.44. The molecule has 0 spiro atoms. The highest BCUT2D eigenvalue weighted by molar-refractivity contribution is 9.10. The van der Waals surface area contributed by atoms with Gasteiger partial charge < -0.3 is 19.9 Å². The first-order valence-electron chi connectivity index (χ1n) is 5.58. The third-order valence-corrected chi connectivity index (χ3v) is 3.20. The van der Waals surface area contributed by atoms with Crippen LogP contribution in [0.5, 0.6) is 17.2 Å². The van der Waals surface area contributed by atoms with Gasteiger partial charge in [0.05, 0.1) is 31.3 Å². The van der Waals surface area contributed by atoms with Crippen LogP contribution < -0.4 is 19.9 Å². The van der Waals surface area contributed by atoms with E-state index in [-0.39, 0.29) is 12.3 Å². The van der Waals surface area contributed by atoms with Crippen molar-refractivity contribution in [3.63, 3.8) is 0 Å². The number of nitrogens with two attached hydrogens (primary N) is 1. The highest BCUT2D eigenvalue weighted by Gasteiger charge is 2.26. The Morgan fingerprint density at radius 1 is 1.50 bits per heavy atom. The maximum Gasteiger partial charge on any atom is 0.184 e. The molecular weight excluding hydrogens is 302 g/mol. The Kier molecular flexibility index (Phi) is 4.08. The molecule has 6 heteroatoms. The van der Waals surface area contributed by atoms with Gasteiger partial charge in [-0.1, -0.05) is 0 Å². The number of ketones is 1. The van der Waals surface area contributed by atoms with E-state index in [0.29, 0.717) is 40.5 Å². The van der Waals surface area contributed by atoms with Gasteiger partial charge in [-0.2, -0.15) is 0 Å². The summed E-state index contributed by atoms with van der Waals surface area (Å²) in [6.45, 7) is 0.952. The SMILES string of the molecule is COc1c(Br)cc2c(c1C(=O)CN)OCCCO2. The van der Waals surface area contributed by atoms with Gasteiger partial charge in [-0.05, 0) is 15.9 Å². The molecule has 2 rings (SSSR count). The topological polar surface area (TPSA) is 70.8 Å². The number of hydrogen-bond donors (Lipinski definition) is 1. The predicted octanol–water partition coefficient (Wildman–Crippen LogP) is 1.76. The summed E-state index contributed by atoms with van der Waals surface area (Å²) in [6.07, 6.45) is 0.769. The summed E-state index contributed by atoms with van der Waals surface area (Å²) in [5.74, 6) is 1.14. The molecule has 1 aliphatic rings. The van der Waals surface area contributed by atoms with E-state index in [9.17, 15) is 4.79 Å². The monoisotopic (exact) mass is 315 g/mol. The molecule has 0 radical (unpaired) electrons. The van der Waals surface area contributed by atoms with Crippen molar-refractivity contribution in [2.24, 2.45) is 5.73 Å². The van der Waals surface area contributed by atoms with Gasteiger partial charge in [-0.15, -0.1) is 0 Å². The molecule has 1 aromatic carbocycles. The van der Waals surface area contributed by atoms with E-state index in [4.69, 9.17) is 19.9 Å². The summed E-state index contributed by atoms with van der Waals surface area (Å²) in [4.78, 5) is 12.0. The second-order valence-electron chi connectivity index (χ2n) is 3.77. The maximum absolute atomic E-state index is 12.0. The van der Waals surface area contributed by atoms with Crippen LogP contribution in [0, 0.1) is 0 Å². The van der Waals surface area contributed by atoms with Crippen molar-refractivity contribution in [2.75, 3.05) is 26.9 Å². The number of hydrogen-bond acceptors (Lipinski definition) is 5. The minimum absolute atomic E-state index is 0.109. The molecule has 1 aliphatic heterocycles. The predicted molar refractivity (Wildman–Crippen MR) is 69.7 cm³/mol. The Morgan fingerprint density at radius 3 is 2.89 bits per heavy atom. The molecular formula is C12H14BrNO4. The average Bonchev–Trinajstić information content (AvgIpc) is 2.61. The fourth-order valence-corrected chi connectivity index (χ4v) is 2.38. The lowest BCUT2D eigenvalue weighted by Crippen LogP contribution is -2.16. The van der Waals surface area contributed by atoms with E-state index in [1.54, 1.807) is 6.07 Å². The van der Waals surface area contributed by atoms with Crippen LogP contribution in [0.4, 0.5) is 0 Å². The lowest BCUT2D eigenvalue weighted by atomic mass is 10.1. The highest BCUT2D eigenvalue weighted by atomic mass is 79.9. The summed E-state index contributed by atoms with van der Waals surface area (Å²) in [7, 11) is 1.50. The molecule has 0 fully saturated rings. The van der Waals surface area contributed by atoms with Crippen molar-refractivity contribution in [2.45, 2.75) is 6.42 Å². The van der Waals surface area contributed by atoms with E-state index in [1.165, 1.54) is 7.11 Å². The molecule has 0 amide bonds. The lowest BCUT2D eigenvalue weighted by Gasteiger charge is -2.16. The average molecular weight is 316 g/mol. The van der Waals surface area contributed by atoms with E-state index >= 15 is 0 Å². The standard InChI is InChI=1S/C12H14BrNO4/c1-16-11-7(13)5-9-12(10(11)8(15)6-14)18-4-2-3-17-9/h5H,2-4,6,14H2,1H3. The van der Waals surface area contributed by atoms with Crippen LogP contribution >= 0.6 is 15.9 Å². The smallest absolute Gasteiger partial charge is 0.184 e. The fraction of sp³-hybridized carbons (Fsp3) is 0.417. The first kappa shape index (κ1) is 13.2. The summed E-state index contributed by atoms with van der Waals surface area (Å²) < 4.78 is 17.0. The van der Waals surface area contributed by atoms with Crippen molar-refractivity contribution in [1.82, 2.24) is 0 Å². The number of fused-ring (bicyclic) bond motifs is 1. The van der Waals surface area contributed by atoms with Crippen LogP contribution in [0.3, 0.4) is 0 Å². The summed E-state index contributed by atoms with van der Waals surface area (Å²) in [5.41, 5.74) is 5.77. The number of Topliss-reactive ketones (excluding diaryl/α,β-unsaturated/α-hetero) is 1. The molecule has 0 atom stereocenters. The van der Waals surface area contributed by atoms with E-state index in [0.717, 1.165) is 6.42 Å². The molecule has 18 heavy (non-hydrogen) atoms. The van der Waals surface area contributed by atoms with E-state index in [2.05, 4.69) is 15.9 Å². The van der Waals surface area contributed by atoms with Gasteiger partial charge in [0.25, 0.3) is 0 Å². The van der Waals surface area contributed by atoms with Crippen molar-refractivity contribution >= 4 is 21.7 Å². The van der Waals surface area contributed by atoms with Crippen molar-refractivity contribution < 1.29 is 19.0 Å². The fourth-order valence-electron chi connectivity index (χ4n) is 1.81. The molecule has 0 saturated carbocycles. The second-order valence-corrected chi connectivity index (χ2v) is 4.63. The molecule has 98 valence electrons. The zero-order valence-corrected chi connectivity index (χ0v) is 11.6. The molecule has 1 heterocycles. The zero-order chi connectivity index (χ0) is 13.1. The Morgan fingerprint density at radius 2 is 2.22 bits per heavy atom. The van der Waals surface area contributed by atoms with Crippen molar-refractivity contribution in [1.29, 1.82) is 0 Å². The minimum Gasteiger partial charge on any atom is -0.495 e. The summed E-state index contributed by atoms with van der Waals surface area (Å²) >= 11 is 3.36. The lowest BCUT2D eigenvalue weighted by molar-refractivity contribution is 0.0994. The molecule has 0 unspecified atom stereocenters. The number of methoxy groups -OCH3 is 1. The molecule has 2 N–H and O–H groups in total. The Hall–Kier alpha value is -1.27. The van der Waals surface area contributed by atoms with Crippen LogP contribution in [0.1, 0.15) is 16.8 Å². The normalized spacial score (nSPS) is 13.9. The third-order valence-electron chi connectivity index (χ3n) is 2.61. The van der Waals surface area contributed by atoms with Crippen LogP contribution in [0.25, 0.3) is 0 Å². The number of rotatable bonds is 3. The van der Waals surface area contributed by atoms with Gasteiger partial charge in [-0.25, -0.2) is 0 Å². The molecule has 0 bridgehead atoms. The number of benzene rings is 1. The van der Waals surface area contributed by atoms with Crippen LogP contribution in [0.15, 0.2) is 10.5 Å². The van der Waals surface area contributed by atoms with Gasteiger partial charge in [-0.3, -0.25) is 4.79 Å². The van der Waals surface area contributed by atoms with Gasteiger partial charge in [0.2, 0.25) is 0 Å². The zero-order valence-electron chi connectivity index (χ0n) is 9.99. The Bertz CT molecular complexity index is 476. The van der Waals surface area contributed by atoms with Crippen LogP contribution in [0.2, 0.25) is 0 Å². The van der Waals surface area contributed by atoms with Crippen LogP contribution in [-0.4, -0.2) is 32.7 Å². The van der Waals surface area contributed by atoms with Gasteiger partial charge >= 0.3 is 0 Å². The van der Waals surface area contributed by atoms with Crippen LogP contribution in [-0.2, 0) is 0 Å².